The fraction of sp³-hybridized carbons (Fsp3) is 0.529. The molecule has 2 aliphatic heterocycles. The Morgan fingerprint density at radius 1 is 0.979 bits per heavy atom. The average molecular weight is 680 g/mol. The van der Waals surface area contributed by atoms with Crippen LogP contribution in [0.25, 0.3) is 22.0 Å². The van der Waals surface area contributed by atoms with Crippen LogP contribution in [0, 0.1) is 0 Å². The second-order valence-corrected chi connectivity index (χ2v) is 13.4. The maximum atomic E-state index is 12.2. The van der Waals surface area contributed by atoms with E-state index in [9.17, 15) is 14.6 Å². The minimum Gasteiger partial charge on any atom is -0.491 e. The first-order chi connectivity index (χ1) is 23.4. The van der Waals surface area contributed by atoms with Gasteiger partial charge in [-0.3, -0.25) is 4.79 Å². The number of ketones is 1. The summed E-state index contributed by atoms with van der Waals surface area (Å²) in [6.45, 7) is 4.20. The summed E-state index contributed by atoms with van der Waals surface area (Å²) in [5.74, 6) is 1.92. The van der Waals surface area contributed by atoms with Crippen molar-refractivity contribution in [2.45, 2.75) is 62.7 Å². The van der Waals surface area contributed by atoms with Crippen LogP contribution in [0.2, 0.25) is 6.82 Å². The van der Waals surface area contributed by atoms with E-state index in [-0.39, 0.29) is 23.9 Å². The van der Waals surface area contributed by atoms with Crippen molar-refractivity contribution in [1.82, 2.24) is 20.8 Å². The molecule has 258 valence electrons. The van der Waals surface area contributed by atoms with Crippen molar-refractivity contribution < 1.29 is 33.6 Å². The van der Waals surface area contributed by atoms with Crippen molar-refractivity contribution in [3.8, 4) is 16.9 Å². The first kappa shape index (κ1) is 35.9. The molecule has 12 nitrogen and oxygen atoms in total. The van der Waals surface area contributed by atoms with Crippen LogP contribution in [-0.4, -0.2) is 103 Å². The molecule has 0 radical (unpaired) electrons. The van der Waals surface area contributed by atoms with E-state index in [0.29, 0.717) is 81.3 Å². The first-order valence-corrected chi connectivity index (χ1v) is 17.8. The van der Waals surface area contributed by atoms with Crippen molar-refractivity contribution >= 4 is 52.5 Å². The lowest BCUT2D eigenvalue weighted by Crippen LogP contribution is -2.36. The lowest BCUT2D eigenvalue weighted by molar-refractivity contribution is -0.119. The quantitative estimate of drug-likeness (QED) is 0.0742. The molecule has 0 spiro atoms. The first-order valence-electron chi connectivity index (χ1n) is 16.8. The van der Waals surface area contributed by atoms with Gasteiger partial charge < -0.3 is 40.3 Å². The summed E-state index contributed by atoms with van der Waals surface area (Å²) in [5, 5.41) is 25.6. The molecule has 2 aliphatic rings. The number of carbonyl (C=O) groups excluding carboxylic acids is 2. The number of Topliss-reactive ketones (excluding diaryl/α,β-unsaturated/α-hetero) is 1. The van der Waals surface area contributed by atoms with Crippen LogP contribution in [0.3, 0.4) is 0 Å². The van der Waals surface area contributed by atoms with E-state index in [2.05, 4.69) is 20.8 Å². The largest absolute Gasteiger partial charge is 0.491 e. The van der Waals surface area contributed by atoms with E-state index in [1.165, 1.54) is 6.20 Å². The molecule has 0 saturated carbocycles. The molecule has 14 heteroatoms. The Hall–Kier alpha value is -3.43. The monoisotopic (exact) mass is 679 g/mol. The van der Waals surface area contributed by atoms with Crippen LogP contribution in [0.15, 0.2) is 42.6 Å². The summed E-state index contributed by atoms with van der Waals surface area (Å²) in [4.78, 5) is 23.7. The van der Waals surface area contributed by atoms with Gasteiger partial charge in [0.15, 0.2) is 0 Å². The summed E-state index contributed by atoms with van der Waals surface area (Å²) in [7, 11) is 0. The van der Waals surface area contributed by atoms with Crippen molar-refractivity contribution in [1.29, 1.82) is 0 Å². The maximum absolute atomic E-state index is 12.2. The third-order valence-corrected chi connectivity index (χ3v) is 10.1. The van der Waals surface area contributed by atoms with Crippen LogP contribution in [0.4, 0.5) is 10.5 Å². The van der Waals surface area contributed by atoms with Gasteiger partial charge in [-0.05, 0) is 48.5 Å². The van der Waals surface area contributed by atoms with Gasteiger partial charge in [0, 0.05) is 41.4 Å². The molecule has 1 aromatic heterocycles. The Labute approximate surface area is 286 Å². The number of unbranched alkanes of at least 4 members (excludes halogenated alkanes) is 1. The molecule has 3 aromatic rings. The molecule has 48 heavy (non-hydrogen) atoms. The lowest BCUT2D eigenvalue weighted by atomic mass is 9.64. The van der Waals surface area contributed by atoms with Crippen LogP contribution < -0.4 is 26.6 Å². The fourth-order valence-electron chi connectivity index (χ4n) is 5.97. The van der Waals surface area contributed by atoms with Crippen molar-refractivity contribution in [2.24, 2.45) is 0 Å². The van der Waals surface area contributed by atoms with Crippen LogP contribution in [0.5, 0.6) is 5.75 Å². The van der Waals surface area contributed by atoms with E-state index in [4.69, 9.17) is 24.7 Å². The second-order valence-electron chi connectivity index (χ2n) is 12.2. The number of anilines is 1. The number of benzene rings is 2. The number of urea groups is 1. The molecule has 0 unspecified atom stereocenters. The fourth-order valence-corrected chi connectivity index (χ4v) is 7.51. The highest BCUT2D eigenvalue weighted by molar-refractivity contribution is 8.00. The minimum atomic E-state index is -0.620. The number of hydrogen-bond donors (Lipinski definition) is 4. The standard InChI is InChI=1S/C34H46BN5O7S/c1-35(43)24-9-11-31(27(20-24)23-8-10-26-28(36)21-37-40-29(26)19-23)47-18-17-46-16-15-45-14-13-44-12-4-6-25(41)5-2-3-7-32-33-30(22-48-32)38-34(42)39-33/h8-11,19-21,30,32-33,43H,2-7,12-18,22H2,1H3,(H2,36,40)(H2,38,39,42)/t30-,32-,33-/m0/s1. The normalized spacial score (nSPS) is 18.5. The van der Waals surface area contributed by atoms with E-state index in [1.807, 2.05) is 48.2 Å². The van der Waals surface area contributed by atoms with Crippen LogP contribution in [0.1, 0.15) is 38.5 Å². The zero-order valence-corrected chi connectivity index (χ0v) is 28.3. The third-order valence-electron chi connectivity index (χ3n) is 8.57. The maximum Gasteiger partial charge on any atom is 0.320 e. The SMILES string of the molecule is CB(O)c1ccc(OCCOCCOCCOCCCC(=O)CCCC[C@@H]2SC[C@@H]3NC(=O)N[C@@H]32)c(-c2ccc3c(N)cnnc3c2)c1. The average Bonchev–Trinajstić information content (AvgIpc) is 3.64. The highest BCUT2D eigenvalue weighted by Crippen LogP contribution is 2.34. The molecule has 5 rings (SSSR count). The number of ether oxygens (including phenoxy) is 4. The molecule has 0 bridgehead atoms. The number of nitrogens with zero attached hydrogens (tertiary/aromatic N) is 2. The number of rotatable bonds is 21. The van der Waals surface area contributed by atoms with Gasteiger partial charge in [0.1, 0.15) is 18.1 Å². The van der Waals surface area contributed by atoms with Crippen molar-refractivity contribution in [3.05, 3.63) is 42.6 Å². The lowest BCUT2D eigenvalue weighted by Gasteiger charge is -2.16. The molecule has 3 atom stereocenters. The van der Waals surface area contributed by atoms with Gasteiger partial charge in [0.25, 0.3) is 0 Å². The summed E-state index contributed by atoms with van der Waals surface area (Å²) in [6.07, 6.45) is 6.33. The van der Waals surface area contributed by atoms with Gasteiger partial charge in [-0.1, -0.05) is 31.4 Å². The Kier molecular flexibility index (Phi) is 13.7. The molecular formula is C34H46BN5O7S. The number of nitrogens with two attached hydrogens (primary N) is 1. The highest BCUT2D eigenvalue weighted by Gasteiger charge is 2.42. The van der Waals surface area contributed by atoms with Crippen LogP contribution >= 0.6 is 11.8 Å². The third kappa shape index (κ3) is 10.3. The van der Waals surface area contributed by atoms with Gasteiger partial charge >= 0.3 is 12.9 Å². The number of amides is 2. The number of carbonyl (C=O) groups is 2. The molecule has 5 N–H and O–H groups in total. The smallest absolute Gasteiger partial charge is 0.320 e. The molecule has 2 aromatic carbocycles. The minimum absolute atomic E-state index is 0.0547. The van der Waals surface area contributed by atoms with Gasteiger partial charge in [-0.2, -0.15) is 22.0 Å². The molecule has 0 aliphatic carbocycles. The zero-order valence-electron chi connectivity index (χ0n) is 27.5. The Morgan fingerprint density at radius 2 is 1.73 bits per heavy atom. The number of nitrogen functional groups attached to an aromatic ring is 1. The summed E-state index contributed by atoms with van der Waals surface area (Å²) in [5.41, 5.74) is 9.77. The van der Waals surface area contributed by atoms with Gasteiger partial charge in [0.05, 0.1) is 62.5 Å². The Morgan fingerprint density at radius 3 is 2.52 bits per heavy atom. The Balaban J connectivity index is 0.879. The Bertz CT molecular complexity index is 1520. The van der Waals surface area contributed by atoms with Crippen molar-refractivity contribution in [2.75, 3.05) is 57.7 Å². The highest BCUT2D eigenvalue weighted by atomic mass is 32.2. The van der Waals surface area contributed by atoms with E-state index in [0.717, 1.165) is 53.4 Å². The summed E-state index contributed by atoms with van der Waals surface area (Å²) < 4.78 is 22.9. The zero-order chi connectivity index (χ0) is 33.7. The number of aromatic nitrogens is 2. The van der Waals surface area contributed by atoms with E-state index < -0.39 is 6.92 Å². The van der Waals surface area contributed by atoms with Crippen molar-refractivity contribution in [3.63, 3.8) is 0 Å². The molecule has 2 amide bonds. The predicted molar refractivity (Wildman–Crippen MR) is 189 cm³/mol. The predicted octanol–water partition coefficient (Wildman–Crippen LogP) is 3.20. The molecule has 2 saturated heterocycles. The summed E-state index contributed by atoms with van der Waals surface area (Å²) >= 11 is 1.91. The molecular weight excluding hydrogens is 633 g/mol. The number of thioether (sulfide) groups is 1. The topological polar surface area (TPSA) is 167 Å². The molecule has 3 heterocycles. The number of hydrogen-bond acceptors (Lipinski definition) is 11. The van der Waals surface area contributed by atoms with Gasteiger partial charge in [-0.15, -0.1) is 0 Å². The van der Waals surface area contributed by atoms with Gasteiger partial charge in [-0.25, -0.2) is 4.79 Å². The van der Waals surface area contributed by atoms with Crippen LogP contribution in [-0.2, 0) is 19.0 Å². The van der Waals surface area contributed by atoms with E-state index >= 15 is 0 Å². The van der Waals surface area contributed by atoms with E-state index in [1.54, 1.807) is 6.82 Å². The number of fused-ring (bicyclic) bond motifs is 2. The number of nitrogens with one attached hydrogen (secondary N) is 2. The molecule has 2 fully saturated rings. The second kappa shape index (κ2) is 18.4. The summed E-state index contributed by atoms with van der Waals surface area (Å²) in [6, 6.07) is 11.8. The van der Waals surface area contributed by atoms with Gasteiger partial charge in [0.2, 0.25) is 0 Å².